The van der Waals surface area contributed by atoms with Gasteiger partial charge in [0.15, 0.2) is 11.6 Å². The number of nitrogens with zero attached hydrogens (tertiary/aromatic N) is 1. The molecule has 0 aliphatic heterocycles. The molecule has 0 radical (unpaired) electrons. The maximum atomic E-state index is 13.2. The first-order valence-electron chi connectivity index (χ1n) is 7.30. The minimum absolute atomic E-state index is 0.126. The summed E-state index contributed by atoms with van der Waals surface area (Å²) >= 11 is 0. The topological polar surface area (TPSA) is 46.3 Å². The molecule has 0 saturated heterocycles. The second-order valence-corrected chi connectivity index (χ2v) is 6.27. The Morgan fingerprint density at radius 2 is 2.14 bits per heavy atom. The average molecular weight is 296 g/mol. The molecular formula is C16H22F2N2O. The largest absolute Gasteiger partial charge is 0.340 e. The fourth-order valence-electron chi connectivity index (χ4n) is 3.15. The highest BCUT2D eigenvalue weighted by Crippen LogP contribution is 2.31. The molecule has 1 amide bonds. The number of nitrogens with two attached hydrogens (primary N) is 1. The first kappa shape index (κ1) is 15.9. The van der Waals surface area contributed by atoms with Crippen molar-refractivity contribution in [2.24, 2.45) is 11.7 Å². The maximum absolute atomic E-state index is 13.2. The number of carbonyl (C=O) groups is 1. The number of amides is 1. The summed E-state index contributed by atoms with van der Waals surface area (Å²) in [5.74, 6) is -1.48. The Morgan fingerprint density at radius 3 is 2.76 bits per heavy atom. The van der Waals surface area contributed by atoms with E-state index in [4.69, 9.17) is 5.73 Å². The SMILES string of the molecule is CC1CCCC(N)(C(=O)N(C)Cc2ccc(F)c(F)c2)C1. The minimum Gasteiger partial charge on any atom is -0.340 e. The van der Waals surface area contributed by atoms with Gasteiger partial charge in [0.05, 0.1) is 5.54 Å². The van der Waals surface area contributed by atoms with E-state index in [9.17, 15) is 13.6 Å². The van der Waals surface area contributed by atoms with Gasteiger partial charge >= 0.3 is 0 Å². The summed E-state index contributed by atoms with van der Waals surface area (Å²) < 4.78 is 26.1. The van der Waals surface area contributed by atoms with E-state index in [1.807, 2.05) is 0 Å². The van der Waals surface area contributed by atoms with E-state index >= 15 is 0 Å². The molecule has 1 aromatic carbocycles. The Balaban J connectivity index is 2.06. The van der Waals surface area contributed by atoms with Crippen LogP contribution in [0.2, 0.25) is 0 Å². The molecule has 2 atom stereocenters. The maximum Gasteiger partial charge on any atom is 0.242 e. The van der Waals surface area contributed by atoms with E-state index in [1.165, 1.54) is 11.0 Å². The number of halogens is 2. The van der Waals surface area contributed by atoms with Gasteiger partial charge in [0.1, 0.15) is 0 Å². The molecule has 21 heavy (non-hydrogen) atoms. The van der Waals surface area contributed by atoms with Crippen LogP contribution in [-0.2, 0) is 11.3 Å². The molecule has 1 aromatic rings. The summed E-state index contributed by atoms with van der Waals surface area (Å²) in [7, 11) is 1.65. The normalized spacial score (nSPS) is 25.7. The predicted octanol–water partition coefficient (Wildman–Crippen LogP) is 2.83. The smallest absolute Gasteiger partial charge is 0.242 e. The molecule has 2 rings (SSSR count). The van der Waals surface area contributed by atoms with Gasteiger partial charge in [0.25, 0.3) is 0 Å². The molecule has 0 bridgehead atoms. The number of benzene rings is 1. The van der Waals surface area contributed by atoms with E-state index in [0.717, 1.165) is 25.0 Å². The minimum atomic E-state index is -0.901. The third kappa shape index (κ3) is 3.59. The van der Waals surface area contributed by atoms with Crippen LogP contribution in [0.25, 0.3) is 0 Å². The molecule has 0 aromatic heterocycles. The molecule has 0 heterocycles. The van der Waals surface area contributed by atoms with Gasteiger partial charge in [-0.05, 0) is 36.5 Å². The van der Waals surface area contributed by atoms with Crippen molar-refractivity contribution >= 4 is 5.91 Å². The molecule has 2 N–H and O–H groups in total. The van der Waals surface area contributed by atoms with Crippen molar-refractivity contribution in [1.29, 1.82) is 0 Å². The number of carbonyl (C=O) groups excluding carboxylic acids is 1. The molecule has 1 saturated carbocycles. The fourth-order valence-corrected chi connectivity index (χ4v) is 3.15. The standard InChI is InChI=1S/C16H22F2N2O/c1-11-4-3-7-16(19,9-11)15(21)20(2)10-12-5-6-13(17)14(18)8-12/h5-6,8,11H,3-4,7,9-10,19H2,1-2H3. The van der Waals surface area contributed by atoms with Gasteiger partial charge in [-0.25, -0.2) is 8.78 Å². The second-order valence-electron chi connectivity index (χ2n) is 6.27. The fraction of sp³-hybridized carbons (Fsp3) is 0.562. The lowest BCUT2D eigenvalue weighted by atomic mass is 9.76. The Kier molecular flexibility index (Phi) is 4.61. The van der Waals surface area contributed by atoms with Gasteiger partial charge in [0.2, 0.25) is 5.91 Å². The van der Waals surface area contributed by atoms with E-state index in [-0.39, 0.29) is 12.5 Å². The molecular weight excluding hydrogens is 274 g/mol. The lowest BCUT2D eigenvalue weighted by molar-refractivity contribution is -0.138. The Hall–Kier alpha value is -1.49. The zero-order valence-corrected chi connectivity index (χ0v) is 12.5. The summed E-state index contributed by atoms with van der Waals surface area (Å²) in [6, 6.07) is 3.67. The zero-order chi connectivity index (χ0) is 15.6. The summed E-state index contributed by atoms with van der Waals surface area (Å²) in [6.07, 6.45) is 3.40. The number of likely N-dealkylation sites (N-methyl/N-ethyl adjacent to an activating group) is 1. The number of hydrogen-bond donors (Lipinski definition) is 1. The van der Waals surface area contributed by atoms with E-state index in [0.29, 0.717) is 24.3 Å². The molecule has 2 unspecified atom stereocenters. The number of hydrogen-bond acceptors (Lipinski definition) is 2. The van der Waals surface area contributed by atoms with Gasteiger partial charge in [-0.1, -0.05) is 25.8 Å². The molecule has 3 nitrogen and oxygen atoms in total. The first-order chi connectivity index (χ1) is 9.82. The highest BCUT2D eigenvalue weighted by Gasteiger charge is 2.39. The third-order valence-electron chi connectivity index (χ3n) is 4.21. The first-order valence-corrected chi connectivity index (χ1v) is 7.30. The predicted molar refractivity (Wildman–Crippen MR) is 77.4 cm³/mol. The van der Waals surface area contributed by atoms with E-state index < -0.39 is 17.2 Å². The summed E-state index contributed by atoms with van der Waals surface area (Å²) in [6.45, 7) is 2.33. The third-order valence-corrected chi connectivity index (χ3v) is 4.21. The van der Waals surface area contributed by atoms with Crippen molar-refractivity contribution in [2.45, 2.75) is 44.7 Å². The number of rotatable bonds is 3. The van der Waals surface area contributed by atoms with Crippen LogP contribution < -0.4 is 5.73 Å². The van der Waals surface area contributed by atoms with Crippen LogP contribution in [0.3, 0.4) is 0 Å². The quantitative estimate of drug-likeness (QED) is 0.932. The van der Waals surface area contributed by atoms with Crippen LogP contribution in [0, 0.1) is 17.6 Å². The van der Waals surface area contributed by atoms with Crippen LogP contribution in [-0.4, -0.2) is 23.4 Å². The molecule has 1 aliphatic carbocycles. The van der Waals surface area contributed by atoms with Gasteiger partial charge in [-0.15, -0.1) is 0 Å². The second kappa shape index (κ2) is 6.10. The Labute approximate surface area is 124 Å². The molecule has 1 aliphatic rings. The van der Waals surface area contributed by atoms with Crippen molar-refractivity contribution in [1.82, 2.24) is 4.90 Å². The molecule has 1 fully saturated rings. The van der Waals surface area contributed by atoms with E-state index in [2.05, 4.69) is 6.92 Å². The molecule has 5 heteroatoms. The van der Waals surface area contributed by atoms with Gasteiger partial charge in [-0.2, -0.15) is 0 Å². The molecule has 0 spiro atoms. The van der Waals surface area contributed by atoms with Crippen LogP contribution in [0.1, 0.15) is 38.2 Å². The van der Waals surface area contributed by atoms with Crippen LogP contribution in [0.4, 0.5) is 8.78 Å². The Morgan fingerprint density at radius 1 is 1.43 bits per heavy atom. The van der Waals surface area contributed by atoms with Gasteiger partial charge in [0, 0.05) is 13.6 Å². The highest BCUT2D eigenvalue weighted by molar-refractivity contribution is 5.86. The summed E-state index contributed by atoms with van der Waals surface area (Å²) in [4.78, 5) is 14.1. The van der Waals surface area contributed by atoms with Gasteiger partial charge in [-0.3, -0.25) is 4.79 Å². The lowest BCUT2D eigenvalue weighted by Crippen LogP contribution is -2.56. The zero-order valence-electron chi connectivity index (χ0n) is 12.5. The van der Waals surface area contributed by atoms with Crippen LogP contribution >= 0.6 is 0 Å². The average Bonchev–Trinajstić information content (AvgIpc) is 2.41. The van der Waals surface area contributed by atoms with Crippen LogP contribution in [0.5, 0.6) is 0 Å². The van der Waals surface area contributed by atoms with Gasteiger partial charge < -0.3 is 10.6 Å². The van der Waals surface area contributed by atoms with Crippen molar-refractivity contribution in [3.05, 3.63) is 35.4 Å². The molecule has 116 valence electrons. The van der Waals surface area contributed by atoms with Crippen molar-refractivity contribution < 1.29 is 13.6 Å². The summed E-state index contributed by atoms with van der Waals surface area (Å²) in [5, 5.41) is 0. The van der Waals surface area contributed by atoms with Crippen LogP contribution in [0.15, 0.2) is 18.2 Å². The van der Waals surface area contributed by atoms with E-state index in [1.54, 1.807) is 7.05 Å². The highest BCUT2D eigenvalue weighted by atomic mass is 19.2. The Bertz CT molecular complexity index is 535. The van der Waals surface area contributed by atoms with Crippen molar-refractivity contribution in [2.75, 3.05) is 7.05 Å². The summed E-state index contributed by atoms with van der Waals surface area (Å²) in [5.41, 5.74) is 6.00. The lowest BCUT2D eigenvalue weighted by Gasteiger charge is -2.38. The monoisotopic (exact) mass is 296 g/mol. The van der Waals surface area contributed by atoms with Crippen molar-refractivity contribution in [3.8, 4) is 0 Å². The van der Waals surface area contributed by atoms with Crippen molar-refractivity contribution in [3.63, 3.8) is 0 Å².